The van der Waals surface area contributed by atoms with Gasteiger partial charge in [0.2, 0.25) is 0 Å². The van der Waals surface area contributed by atoms with Gasteiger partial charge in [-0.25, -0.2) is 0 Å². The van der Waals surface area contributed by atoms with Crippen molar-refractivity contribution in [3.8, 4) is 0 Å². The number of nitrogens with two attached hydrogens (primary N) is 1. The highest BCUT2D eigenvalue weighted by molar-refractivity contribution is 5.74. The zero-order chi connectivity index (χ0) is 9.23. The van der Waals surface area contributed by atoms with Crippen molar-refractivity contribution in [3.63, 3.8) is 0 Å². The minimum atomic E-state index is -0.927. The molecule has 0 heterocycles. The van der Waals surface area contributed by atoms with Crippen LogP contribution in [0.2, 0.25) is 0 Å². The van der Waals surface area contributed by atoms with Crippen LogP contribution in [0.25, 0.3) is 0 Å². The van der Waals surface area contributed by atoms with Gasteiger partial charge < -0.3 is 10.8 Å². The topological polar surface area (TPSA) is 63.3 Å². The van der Waals surface area contributed by atoms with Gasteiger partial charge in [0.15, 0.2) is 0 Å². The normalized spacial score (nSPS) is 15.1. The highest BCUT2D eigenvalue weighted by atomic mass is 16.4. The summed E-state index contributed by atoms with van der Waals surface area (Å²) in [7, 11) is 0. The second-order valence-electron chi connectivity index (χ2n) is 3.79. The van der Waals surface area contributed by atoms with E-state index in [9.17, 15) is 4.79 Å². The summed E-state index contributed by atoms with van der Waals surface area (Å²) in [4.78, 5) is 10.5. The molecule has 0 rings (SSSR count). The molecule has 0 aliphatic rings. The monoisotopic (exact) mass is 159 g/mol. The smallest absolute Gasteiger partial charge is 0.321 e. The van der Waals surface area contributed by atoms with Crippen LogP contribution in [-0.2, 0) is 4.79 Å². The summed E-state index contributed by atoms with van der Waals surface area (Å²) in [6.45, 7) is 7.69. The van der Waals surface area contributed by atoms with Gasteiger partial charge in [-0.2, -0.15) is 0 Å². The second kappa shape index (κ2) is 3.22. The third-order valence-electron chi connectivity index (χ3n) is 2.56. The minimum absolute atomic E-state index is 0.272. The van der Waals surface area contributed by atoms with Crippen molar-refractivity contribution in [1.82, 2.24) is 0 Å². The molecule has 66 valence electrons. The molecule has 0 spiro atoms. The van der Waals surface area contributed by atoms with Crippen LogP contribution in [-0.4, -0.2) is 17.1 Å². The van der Waals surface area contributed by atoms with E-state index in [1.54, 1.807) is 0 Å². The highest BCUT2D eigenvalue weighted by Gasteiger charge is 2.34. The average molecular weight is 159 g/mol. The Hall–Kier alpha value is -0.570. The summed E-state index contributed by atoms with van der Waals surface area (Å²) in [6, 6.07) is -0.775. The van der Waals surface area contributed by atoms with E-state index >= 15 is 0 Å². The zero-order valence-electron chi connectivity index (χ0n) is 7.59. The standard InChI is InChI=1S/C8H17NO2/c1-5(2)8(3,4)6(9)7(10)11/h5-6H,9H2,1-4H3,(H,10,11). The van der Waals surface area contributed by atoms with E-state index in [2.05, 4.69) is 0 Å². The lowest BCUT2D eigenvalue weighted by atomic mass is 9.75. The molecule has 3 heteroatoms. The molecular weight excluding hydrogens is 142 g/mol. The molecule has 0 saturated heterocycles. The fraction of sp³-hybridized carbons (Fsp3) is 0.875. The van der Waals surface area contributed by atoms with Gasteiger partial charge in [-0.3, -0.25) is 4.79 Å². The lowest BCUT2D eigenvalue weighted by molar-refractivity contribution is -0.142. The van der Waals surface area contributed by atoms with E-state index in [1.165, 1.54) is 0 Å². The Kier molecular flexibility index (Phi) is 3.05. The number of hydrogen-bond donors (Lipinski definition) is 2. The van der Waals surface area contributed by atoms with Crippen LogP contribution in [0.5, 0.6) is 0 Å². The van der Waals surface area contributed by atoms with E-state index in [1.807, 2.05) is 27.7 Å². The largest absolute Gasteiger partial charge is 0.480 e. The average Bonchev–Trinajstić information content (AvgIpc) is 1.85. The molecule has 0 radical (unpaired) electrons. The summed E-state index contributed by atoms with van der Waals surface area (Å²) < 4.78 is 0. The number of carboxylic acid groups (broad SMARTS) is 1. The van der Waals surface area contributed by atoms with Crippen LogP contribution >= 0.6 is 0 Å². The first kappa shape index (κ1) is 10.4. The minimum Gasteiger partial charge on any atom is -0.480 e. The molecule has 3 N–H and O–H groups in total. The van der Waals surface area contributed by atoms with Crippen LogP contribution in [0, 0.1) is 11.3 Å². The first-order chi connectivity index (χ1) is 4.80. The van der Waals surface area contributed by atoms with Gasteiger partial charge >= 0.3 is 5.97 Å². The number of hydrogen-bond acceptors (Lipinski definition) is 2. The van der Waals surface area contributed by atoms with Crippen LogP contribution in [0.3, 0.4) is 0 Å². The van der Waals surface area contributed by atoms with Gasteiger partial charge in [-0.1, -0.05) is 27.7 Å². The molecule has 0 aliphatic heterocycles. The predicted octanol–water partition coefficient (Wildman–Crippen LogP) is 1.08. The molecule has 0 aromatic carbocycles. The maximum absolute atomic E-state index is 10.5. The van der Waals surface area contributed by atoms with E-state index < -0.39 is 12.0 Å². The third kappa shape index (κ3) is 2.19. The van der Waals surface area contributed by atoms with E-state index in [4.69, 9.17) is 10.8 Å². The van der Waals surface area contributed by atoms with Crippen molar-refractivity contribution in [2.24, 2.45) is 17.1 Å². The van der Waals surface area contributed by atoms with Crippen molar-refractivity contribution >= 4 is 5.97 Å². The van der Waals surface area contributed by atoms with Gasteiger partial charge in [-0.15, -0.1) is 0 Å². The van der Waals surface area contributed by atoms with Crippen molar-refractivity contribution < 1.29 is 9.90 Å². The number of carbonyl (C=O) groups is 1. The van der Waals surface area contributed by atoms with Crippen molar-refractivity contribution in [1.29, 1.82) is 0 Å². The number of carboxylic acids is 1. The van der Waals surface area contributed by atoms with E-state index in [-0.39, 0.29) is 11.3 Å². The lowest BCUT2D eigenvalue weighted by Crippen LogP contribution is -2.46. The molecule has 1 atom stereocenters. The summed E-state index contributed by atoms with van der Waals surface area (Å²) in [5, 5.41) is 8.64. The fourth-order valence-corrected chi connectivity index (χ4v) is 0.677. The maximum Gasteiger partial charge on any atom is 0.321 e. The number of rotatable bonds is 3. The molecule has 0 bridgehead atoms. The number of aliphatic carboxylic acids is 1. The van der Waals surface area contributed by atoms with E-state index in [0.717, 1.165) is 0 Å². The maximum atomic E-state index is 10.5. The summed E-state index contributed by atoms with van der Waals surface area (Å²) >= 11 is 0. The molecular formula is C8H17NO2. The zero-order valence-corrected chi connectivity index (χ0v) is 7.59. The van der Waals surface area contributed by atoms with Crippen molar-refractivity contribution in [3.05, 3.63) is 0 Å². The Labute approximate surface area is 67.6 Å². The Morgan fingerprint density at radius 2 is 1.82 bits per heavy atom. The molecule has 3 nitrogen and oxygen atoms in total. The Morgan fingerprint density at radius 1 is 1.45 bits per heavy atom. The van der Waals surface area contributed by atoms with Crippen LogP contribution in [0.4, 0.5) is 0 Å². The first-order valence-corrected chi connectivity index (χ1v) is 3.78. The molecule has 0 fully saturated rings. The predicted molar refractivity (Wildman–Crippen MR) is 44.2 cm³/mol. The van der Waals surface area contributed by atoms with Gasteiger partial charge in [0, 0.05) is 0 Å². The third-order valence-corrected chi connectivity index (χ3v) is 2.56. The Balaban J connectivity index is 4.41. The highest BCUT2D eigenvalue weighted by Crippen LogP contribution is 2.28. The van der Waals surface area contributed by atoms with Gasteiger partial charge in [0.1, 0.15) is 6.04 Å². The van der Waals surface area contributed by atoms with Gasteiger partial charge in [-0.05, 0) is 11.3 Å². The lowest BCUT2D eigenvalue weighted by Gasteiger charge is -2.32. The van der Waals surface area contributed by atoms with Gasteiger partial charge in [0.05, 0.1) is 0 Å². The second-order valence-corrected chi connectivity index (χ2v) is 3.79. The summed E-state index contributed by atoms with van der Waals surface area (Å²) in [6.07, 6.45) is 0. The van der Waals surface area contributed by atoms with Crippen LogP contribution in [0.15, 0.2) is 0 Å². The fourth-order valence-electron chi connectivity index (χ4n) is 0.677. The van der Waals surface area contributed by atoms with E-state index in [0.29, 0.717) is 0 Å². The molecule has 1 unspecified atom stereocenters. The quantitative estimate of drug-likeness (QED) is 0.647. The molecule has 0 amide bonds. The molecule has 11 heavy (non-hydrogen) atoms. The van der Waals surface area contributed by atoms with Crippen LogP contribution in [0.1, 0.15) is 27.7 Å². The van der Waals surface area contributed by atoms with Crippen molar-refractivity contribution in [2.75, 3.05) is 0 Å². The first-order valence-electron chi connectivity index (χ1n) is 3.78. The molecule has 0 aromatic rings. The van der Waals surface area contributed by atoms with Gasteiger partial charge in [0.25, 0.3) is 0 Å². The Morgan fingerprint density at radius 3 is 1.91 bits per heavy atom. The van der Waals surface area contributed by atoms with Crippen LogP contribution < -0.4 is 5.73 Å². The Bertz CT molecular complexity index is 152. The van der Waals surface area contributed by atoms with Crippen molar-refractivity contribution in [2.45, 2.75) is 33.7 Å². The summed E-state index contributed by atoms with van der Waals surface area (Å²) in [5.41, 5.74) is 5.15. The summed E-state index contributed by atoms with van der Waals surface area (Å²) in [5.74, 6) is -0.655. The molecule has 0 aliphatic carbocycles. The molecule has 0 saturated carbocycles. The molecule has 0 aromatic heterocycles. The SMILES string of the molecule is CC(C)C(C)(C)C(N)C(=O)O.